The first-order chi connectivity index (χ1) is 14.0. The van der Waals surface area contributed by atoms with E-state index in [1.54, 1.807) is 44.5 Å². The molecule has 4 unspecified atom stereocenters. The van der Waals surface area contributed by atoms with E-state index in [2.05, 4.69) is 69.2 Å². The molecule has 4 rings (SSSR count). The van der Waals surface area contributed by atoms with Crippen molar-refractivity contribution in [3.63, 3.8) is 0 Å². The van der Waals surface area contributed by atoms with Gasteiger partial charge in [0, 0.05) is 0 Å². The first-order valence-electron chi connectivity index (χ1n) is 12.5. The summed E-state index contributed by atoms with van der Waals surface area (Å²) in [5, 5.41) is 0. The Bertz CT molecular complexity index is 876. The minimum Gasteiger partial charge on any atom is -0.0664 e. The molecule has 0 heteroatoms. The van der Waals surface area contributed by atoms with Crippen molar-refractivity contribution < 1.29 is 0 Å². The van der Waals surface area contributed by atoms with Gasteiger partial charge in [-0.1, -0.05) is 31.4 Å². The predicted octanol–water partition coefficient (Wildman–Crippen LogP) is 8.77. The smallest absolute Gasteiger partial charge is 0.0132 e. The van der Waals surface area contributed by atoms with Crippen molar-refractivity contribution in [3.8, 4) is 0 Å². The molecule has 0 bridgehead atoms. The summed E-state index contributed by atoms with van der Waals surface area (Å²) in [6, 6.07) is 0. The molecular formula is C30H46. The Hall–Kier alpha value is -1.30. The van der Waals surface area contributed by atoms with Crippen molar-refractivity contribution in [2.75, 3.05) is 0 Å². The fourth-order valence-corrected chi connectivity index (χ4v) is 6.45. The quantitative estimate of drug-likeness (QED) is 0.404. The molecule has 0 radical (unpaired) electrons. The standard InChI is InChI=1S/C15H24.C15H22/c2*1-9-6-7-14-12(4)10(2)11(3)13(5)15(14)8-9/h9,14-15H,6-8H2,1-5H3;9H,6-8H2,1-5H3. The zero-order valence-electron chi connectivity index (χ0n) is 21.6. The Labute approximate surface area is 187 Å². The lowest BCUT2D eigenvalue weighted by Gasteiger charge is -2.41. The van der Waals surface area contributed by atoms with Crippen LogP contribution in [0.3, 0.4) is 0 Å². The molecule has 0 nitrogen and oxygen atoms in total. The third-order valence-electron chi connectivity index (χ3n) is 9.37. The number of benzene rings is 1. The number of hydrogen-bond donors (Lipinski definition) is 0. The van der Waals surface area contributed by atoms with Crippen molar-refractivity contribution in [2.45, 2.75) is 108 Å². The zero-order chi connectivity index (χ0) is 22.3. The molecule has 166 valence electrons. The highest BCUT2D eigenvalue weighted by molar-refractivity contribution is 5.51. The van der Waals surface area contributed by atoms with Gasteiger partial charge in [-0.25, -0.2) is 0 Å². The lowest BCUT2D eigenvalue weighted by atomic mass is 9.64. The molecule has 0 heterocycles. The molecule has 1 aromatic rings. The Morgan fingerprint density at radius 2 is 1.07 bits per heavy atom. The molecular weight excluding hydrogens is 360 g/mol. The summed E-state index contributed by atoms with van der Waals surface area (Å²) in [6.07, 6.45) is 8.22. The van der Waals surface area contributed by atoms with Crippen LogP contribution in [0.5, 0.6) is 0 Å². The van der Waals surface area contributed by atoms with Crippen molar-refractivity contribution in [3.05, 3.63) is 55.7 Å². The van der Waals surface area contributed by atoms with Crippen LogP contribution < -0.4 is 0 Å². The summed E-state index contributed by atoms with van der Waals surface area (Å²) < 4.78 is 0. The molecule has 4 atom stereocenters. The van der Waals surface area contributed by atoms with Gasteiger partial charge in [0.25, 0.3) is 0 Å². The van der Waals surface area contributed by atoms with Gasteiger partial charge in [0.1, 0.15) is 0 Å². The molecule has 3 aliphatic carbocycles. The second-order valence-corrected chi connectivity index (χ2v) is 11.1. The summed E-state index contributed by atoms with van der Waals surface area (Å²) in [7, 11) is 0. The van der Waals surface area contributed by atoms with Gasteiger partial charge < -0.3 is 0 Å². The SMILES string of the molecule is CC1=C(C)C2CCC(C)CC2C(C)=C1C.Cc1c(C)c(C)c2c(c1C)CCC(C)C2. The fourth-order valence-electron chi connectivity index (χ4n) is 6.45. The number of fused-ring (bicyclic) bond motifs is 2. The van der Waals surface area contributed by atoms with E-state index >= 15 is 0 Å². The third-order valence-corrected chi connectivity index (χ3v) is 9.37. The predicted molar refractivity (Wildman–Crippen MR) is 133 cm³/mol. The average Bonchev–Trinajstić information content (AvgIpc) is 2.73. The van der Waals surface area contributed by atoms with Crippen molar-refractivity contribution >= 4 is 0 Å². The molecule has 1 saturated carbocycles. The number of hydrogen-bond acceptors (Lipinski definition) is 0. The van der Waals surface area contributed by atoms with Gasteiger partial charge >= 0.3 is 0 Å². The second-order valence-electron chi connectivity index (χ2n) is 11.1. The van der Waals surface area contributed by atoms with Crippen LogP contribution in [0, 0.1) is 51.4 Å². The van der Waals surface area contributed by atoms with E-state index in [0.717, 1.165) is 23.7 Å². The van der Waals surface area contributed by atoms with E-state index in [1.165, 1.54) is 49.7 Å². The Balaban J connectivity index is 0.000000171. The molecule has 0 aliphatic heterocycles. The lowest BCUT2D eigenvalue weighted by molar-refractivity contribution is 0.240. The molecule has 3 aliphatic rings. The molecule has 0 amide bonds. The summed E-state index contributed by atoms with van der Waals surface area (Å²) in [6.45, 7) is 23.3. The minimum atomic E-state index is 0.859. The zero-order valence-corrected chi connectivity index (χ0v) is 21.6. The minimum absolute atomic E-state index is 0.859. The molecule has 0 aromatic heterocycles. The summed E-state index contributed by atoms with van der Waals surface area (Å²) in [4.78, 5) is 0. The van der Waals surface area contributed by atoms with Crippen LogP contribution in [-0.2, 0) is 12.8 Å². The van der Waals surface area contributed by atoms with E-state index in [9.17, 15) is 0 Å². The maximum atomic E-state index is 2.42. The lowest BCUT2D eigenvalue weighted by Crippen LogP contribution is -2.29. The van der Waals surface area contributed by atoms with Gasteiger partial charge in [0.2, 0.25) is 0 Å². The number of rotatable bonds is 0. The van der Waals surface area contributed by atoms with Crippen molar-refractivity contribution in [2.24, 2.45) is 23.7 Å². The summed E-state index contributed by atoms with van der Waals surface area (Å²) >= 11 is 0. The first kappa shape index (κ1) is 23.4. The average molecular weight is 407 g/mol. The van der Waals surface area contributed by atoms with Crippen LogP contribution in [0.2, 0.25) is 0 Å². The molecule has 0 spiro atoms. The molecule has 1 aromatic carbocycles. The third kappa shape index (κ3) is 4.21. The Morgan fingerprint density at radius 1 is 0.533 bits per heavy atom. The van der Waals surface area contributed by atoms with Gasteiger partial charge in [-0.05, 0) is 156 Å². The van der Waals surface area contributed by atoms with E-state index in [4.69, 9.17) is 0 Å². The monoisotopic (exact) mass is 406 g/mol. The second kappa shape index (κ2) is 9.05. The van der Waals surface area contributed by atoms with Crippen LogP contribution in [0.1, 0.15) is 101 Å². The van der Waals surface area contributed by atoms with Crippen LogP contribution >= 0.6 is 0 Å². The molecule has 0 N–H and O–H groups in total. The first-order valence-corrected chi connectivity index (χ1v) is 12.5. The summed E-state index contributed by atoms with van der Waals surface area (Å²) in [5.41, 5.74) is 16.0. The van der Waals surface area contributed by atoms with Crippen LogP contribution in [0.15, 0.2) is 22.3 Å². The highest BCUT2D eigenvalue weighted by Crippen LogP contribution is 2.47. The van der Waals surface area contributed by atoms with Gasteiger partial charge in [0.15, 0.2) is 0 Å². The van der Waals surface area contributed by atoms with Crippen LogP contribution in [0.4, 0.5) is 0 Å². The molecule has 0 saturated heterocycles. The number of allylic oxidation sites excluding steroid dienone is 4. The van der Waals surface area contributed by atoms with Gasteiger partial charge in [-0.15, -0.1) is 0 Å². The maximum absolute atomic E-state index is 2.42. The highest BCUT2D eigenvalue weighted by atomic mass is 14.4. The van der Waals surface area contributed by atoms with Crippen LogP contribution in [0.25, 0.3) is 0 Å². The van der Waals surface area contributed by atoms with Gasteiger partial charge in [-0.2, -0.15) is 0 Å². The highest BCUT2D eigenvalue weighted by Gasteiger charge is 2.34. The Kier molecular flexibility index (Phi) is 7.05. The largest absolute Gasteiger partial charge is 0.0664 e. The van der Waals surface area contributed by atoms with E-state index in [1.807, 2.05) is 0 Å². The molecule has 1 fully saturated rings. The molecule has 30 heavy (non-hydrogen) atoms. The van der Waals surface area contributed by atoms with Crippen LogP contribution in [-0.4, -0.2) is 0 Å². The fraction of sp³-hybridized carbons (Fsp3) is 0.667. The van der Waals surface area contributed by atoms with Gasteiger partial charge in [-0.3, -0.25) is 0 Å². The van der Waals surface area contributed by atoms with E-state index < -0.39 is 0 Å². The van der Waals surface area contributed by atoms with E-state index in [0.29, 0.717) is 0 Å². The van der Waals surface area contributed by atoms with Crippen molar-refractivity contribution in [1.82, 2.24) is 0 Å². The van der Waals surface area contributed by atoms with Crippen molar-refractivity contribution in [1.29, 1.82) is 0 Å². The summed E-state index contributed by atoms with van der Waals surface area (Å²) in [5.74, 6) is 3.53. The van der Waals surface area contributed by atoms with Gasteiger partial charge in [0.05, 0.1) is 0 Å². The topological polar surface area (TPSA) is 0 Å². The van der Waals surface area contributed by atoms with E-state index in [-0.39, 0.29) is 0 Å². The maximum Gasteiger partial charge on any atom is -0.0132 e. The Morgan fingerprint density at radius 3 is 1.67 bits per heavy atom. The normalized spacial score (nSPS) is 28.6.